The average Bonchev–Trinajstić information content (AvgIpc) is 3.27. The Hall–Kier alpha value is -2.99. The number of amides is 1. The number of fused-ring (bicyclic) bond motifs is 2. The van der Waals surface area contributed by atoms with Gasteiger partial charge in [0.15, 0.2) is 5.58 Å². The molecule has 1 N–H and O–H groups in total. The molecular formula is C21H18ClN3O3. The number of aromatic nitrogens is 2. The van der Waals surface area contributed by atoms with Gasteiger partial charge in [-0.3, -0.25) is 9.36 Å². The van der Waals surface area contributed by atoms with Crippen molar-refractivity contribution in [1.82, 2.24) is 14.5 Å². The Bertz CT molecular complexity index is 1240. The Morgan fingerprint density at radius 2 is 1.93 bits per heavy atom. The van der Waals surface area contributed by atoms with Crippen LogP contribution in [0.4, 0.5) is 0 Å². The molecule has 1 fully saturated rings. The van der Waals surface area contributed by atoms with Gasteiger partial charge in [0.05, 0.1) is 11.1 Å². The number of benzene rings is 2. The van der Waals surface area contributed by atoms with Gasteiger partial charge < -0.3 is 14.3 Å². The van der Waals surface area contributed by atoms with E-state index in [9.17, 15) is 9.59 Å². The first kappa shape index (κ1) is 17.1. The summed E-state index contributed by atoms with van der Waals surface area (Å²) >= 11 is 6.02. The van der Waals surface area contributed by atoms with E-state index in [1.807, 2.05) is 35.2 Å². The van der Waals surface area contributed by atoms with Crippen LogP contribution in [0.15, 0.2) is 57.9 Å². The molecule has 2 aromatic heterocycles. The third kappa shape index (κ3) is 2.72. The van der Waals surface area contributed by atoms with Crippen molar-refractivity contribution >= 4 is 39.5 Å². The number of nitrogens with zero attached hydrogens (tertiary/aromatic N) is 2. The second-order valence-electron chi connectivity index (χ2n) is 7.12. The van der Waals surface area contributed by atoms with Crippen molar-refractivity contribution in [3.8, 4) is 0 Å². The zero-order chi connectivity index (χ0) is 19.3. The van der Waals surface area contributed by atoms with Crippen LogP contribution in [-0.2, 0) is 0 Å². The highest BCUT2D eigenvalue weighted by Crippen LogP contribution is 2.28. The summed E-state index contributed by atoms with van der Waals surface area (Å²) in [6.07, 6.45) is 3.16. The van der Waals surface area contributed by atoms with E-state index in [1.165, 1.54) is 0 Å². The van der Waals surface area contributed by atoms with Gasteiger partial charge in [-0.1, -0.05) is 29.8 Å². The average molecular weight is 396 g/mol. The monoisotopic (exact) mass is 395 g/mol. The number of nitrogens with one attached hydrogen (secondary N) is 1. The Morgan fingerprint density at radius 3 is 2.75 bits per heavy atom. The largest absolute Gasteiger partial charge is 0.420 e. The maximum atomic E-state index is 13.0. The summed E-state index contributed by atoms with van der Waals surface area (Å²) in [6.45, 7) is 1.19. The molecule has 4 aromatic rings. The molecule has 0 atom stereocenters. The van der Waals surface area contributed by atoms with Crippen LogP contribution in [0.25, 0.3) is 22.0 Å². The molecule has 1 aliphatic heterocycles. The molecule has 6 nitrogen and oxygen atoms in total. The summed E-state index contributed by atoms with van der Waals surface area (Å²) in [5, 5.41) is 1.50. The lowest BCUT2D eigenvalue weighted by Crippen LogP contribution is -2.40. The topological polar surface area (TPSA) is 71.2 Å². The van der Waals surface area contributed by atoms with Crippen molar-refractivity contribution < 1.29 is 9.21 Å². The zero-order valence-electron chi connectivity index (χ0n) is 15.0. The number of hydrogen-bond acceptors (Lipinski definition) is 3. The maximum Gasteiger partial charge on any atom is 0.420 e. The van der Waals surface area contributed by atoms with E-state index in [4.69, 9.17) is 16.0 Å². The predicted octanol–water partition coefficient (Wildman–Crippen LogP) is 4.21. The number of hydrogen-bond donors (Lipinski definition) is 1. The van der Waals surface area contributed by atoms with Crippen LogP contribution >= 0.6 is 11.6 Å². The Balaban J connectivity index is 1.37. The van der Waals surface area contributed by atoms with Crippen molar-refractivity contribution in [1.29, 1.82) is 0 Å². The summed E-state index contributed by atoms with van der Waals surface area (Å²) in [6, 6.07) is 13.0. The van der Waals surface area contributed by atoms with E-state index in [0.29, 0.717) is 42.1 Å². The van der Waals surface area contributed by atoms with E-state index in [2.05, 4.69) is 4.98 Å². The summed E-state index contributed by atoms with van der Waals surface area (Å²) in [5.41, 5.74) is 2.91. The summed E-state index contributed by atoms with van der Waals surface area (Å²) < 4.78 is 7.08. The minimum Gasteiger partial charge on any atom is -0.408 e. The summed E-state index contributed by atoms with van der Waals surface area (Å²) in [7, 11) is 0. The first-order chi connectivity index (χ1) is 13.6. The number of carbonyl (C=O) groups excluding carboxylic acids is 1. The van der Waals surface area contributed by atoms with Crippen molar-refractivity contribution in [2.45, 2.75) is 18.9 Å². The highest BCUT2D eigenvalue weighted by molar-refractivity contribution is 6.31. The van der Waals surface area contributed by atoms with Gasteiger partial charge in [-0.2, -0.15) is 0 Å². The lowest BCUT2D eigenvalue weighted by Gasteiger charge is -2.32. The van der Waals surface area contributed by atoms with Crippen LogP contribution < -0.4 is 5.76 Å². The molecule has 1 saturated heterocycles. The predicted molar refractivity (Wildman–Crippen MR) is 108 cm³/mol. The zero-order valence-corrected chi connectivity index (χ0v) is 15.8. The molecule has 142 valence electrons. The number of piperidine rings is 1. The van der Waals surface area contributed by atoms with Gasteiger partial charge in [-0.25, -0.2) is 4.79 Å². The minimum absolute atomic E-state index is 0.00331. The molecule has 7 heteroatoms. The number of carbonyl (C=O) groups is 1. The van der Waals surface area contributed by atoms with Crippen LogP contribution in [0.2, 0.25) is 5.02 Å². The second-order valence-corrected chi connectivity index (χ2v) is 7.56. The van der Waals surface area contributed by atoms with Crippen LogP contribution in [0.1, 0.15) is 29.2 Å². The highest BCUT2D eigenvalue weighted by atomic mass is 35.5. The molecule has 0 unspecified atom stereocenters. The molecule has 0 saturated carbocycles. The van der Waals surface area contributed by atoms with Crippen LogP contribution in [-0.4, -0.2) is 33.4 Å². The number of rotatable bonds is 2. The van der Waals surface area contributed by atoms with Crippen molar-refractivity contribution in [2.75, 3.05) is 13.1 Å². The number of likely N-dealkylation sites (tertiary alicyclic amines) is 1. The molecule has 0 bridgehead atoms. The third-order valence-electron chi connectivity index (χ3n) is 5.51. The molecule has 1 amide bonds. The lowest BCUT2D eigenvalue weighted by atomic mass is 10.0. The standard InChI is InChI=1S/C21H18ClN3O3/c22-13-5-6-15-16(12-23-17(15)11-13)20(26)24-9-7-14(8-10-24)25-18-3-1-2-4-19(18)28-21(25)27/h1-6,11-12,14,23H,7-10H2. The minimum atomic E-state index is -0.334. The third-order valence-corrected chi connectivity index (χ3v) is 5.74. The van der Waals surface area contributed by atoms with Crippen LogP contribution in [0, 0.1) is 0 Å². The number of aromatic amines is 1. The lowest BCUT2D eigenvalue weighted by molar-refractivity contribution is 0.0696. The van der Waals surface area contributed by atoms with E-state index in [0.717, 1.165) is 16.4 Å². The Labute approximate surface area is 165 Å². The molecular weight excluding hydrogens is 378 g/mol. The highest BCUT2D eigenvalue weighted by Gasteiger charge is 2.28. The summed E-state index contributed by atoms with van der Waals surface area (Å²) in [5.74, 6) is -0.337. The fourth-order valence-electron chi connectivity index (χ4n) is 4.10. The first-order valence-corrected chi connectivity index (χ1v) is 9.65. The van der Waals surface area contributed by atoms with Crippen LogP contribution in [0.3, 0.4) is 0 Å². The normalized spacial score (nSPS) is 15.5. The maximum absolute atomic E-state index is 13.0. The Morgan fingerprint density at radius 1 is 1.14 bits per heavy atom. The number of para-hydroxylation sites is 2. The molecule has 0 spiro atoms. The van der Waals surface area contributed by atoms with Gasteiger partial charge in [0.2, 0.25) is 0 Å². The van der Waals surface area contributed by atoms with Crippen LogP contribution in [0.5, 0.6) is 0 Å². The van der Waals surface area contributed by atoms with Crippen molar-refractivity contribution in [3.63, 3.8) is 0 Å². The fourth-order valence-corrected chi connectivity index (χ4v) is 4.27. The van der Waals surface area contributed by atoms with Gasteiger partial charge in [-0.15, -0.1) is 0 Å². The molecule has 5 rings (SSSR count). The Kier molecular flexibility index (Phi) is 4.02. The van der Waals surface area contributed by atoms with Gasteiger partial charge >= 0.3 is 5.76 Å². The number of H-pyrrole nitrogens is 1. The fraction of sp³-hybridized carbons (Fsp3) is 0.238. The summed E-state index contributed by atoms with van der Waals surface area (Å²) in [4.78, 5) is 30.3. The van der Waals surface area contributed by atoms with E-state index in [-0.39, 0.29) is 17.7 Å². The molecule has 2 aromatic carbocycles. The van der Waals surface area contributed by atoms with E-state index >= 15 is 0 Å². The molecule has 0 aliphatic carbocycles. The second kappa shape index (κ2) is 6.56. The van der Waals surface area contributed by atoms with Gasteiger partial charge in [0, 0.05) is 41.3 Å². The van der Waals surface area contributed by atoms with Gasteiger partial charge in [0.25, 0.3) is 5.91 Å². The van der Waals surface area contributed by atoms with E-state index < -0.39 is 0 Å². The molecule has 3 heterocycles. The number of halogens is 1. The molecule has 28 heavy (non-hydrogen) atoms. The smallest absolute Gasteiger partial charge is 0.408 e. The molecule has 0 radical (unpaired) electrons. The van der Waals surface area contributed by atoms with Crippen molar-refractivity contribution in [2.24, 2.45) is 0 Å². The SMILES string of the molecule is O=C(c1c[nH]c2cc(Cl)ccc12)N1CCC(n2c(=O)oc3ccccc32)CC1. The first-order valence-electron chi connectivity index (χ1n) is 9.28. The van der Waals surface area contributed by atoms with E-state index in [1.54, 1.807) is 22.9 Å². The van der Waals surface area contributed by atoms with Crippen molar-refractivity contribution in [3.05, 3.63) is 69.8 Å². The molecule has 1 aliphatic rings. The number of oxazole rings is 1. The quantitative estimate of drug-likeness (QED) is 0.552. The van der Waals surface area contributed by atoms with Gasteiger partial charge in [-0.05, 0) is 37.1 Å². The van der Waals surface area contributed by atoms with Gasteiger partial charge in [0.1, 0.15) is 0 Å².